The number of benzene rings is 8. The summed E-state index contributed by atoms with van der Waals surface area (Å²) in [5.74, 6) is 0. The number of hydrogen-bond acceptors (Lipinski definition) is 2. The highest BCUT2D eigenvalue weighted by Gasteiger charge is 2.29. The molecule has 1 unspecified atom stereocenters. The molecule has 0 saturated carbocycles. The number of para-hydroxylation sites is 2. The van der Waals surface area contributed by atoms with Gasteiger partial charge in [-0.25, -0.2) is 0 Å². The Morgan fingerprint density at radius 2 is 1.06 bits per heavy atom. The average molecular weight is 614 g/mol. The number of hydrogen-bond donors (Lipinski definition) is 0. The molecular formula is C45H31N3. The normalized spacial score (nSPS) is 14.6. The van der Waals surface area contributed by atoms with Crippen LogP contribution in [0.4, 0.5) is 5.69 Å². The maximum absolute atomic E-state index is 5.61. The Hall–Kier alpha value is -6.19. The quantitative estimate of drug-likeness (QED) is 0.194. The van der Waals surface area contributed by atoms with Gasteiger partial charge >= 0.3 is 0 Å². The van der Waals surface area contributed by atoms with Gasteiger partial charge in [-0.3, -0.25) is 4.99 Å². The summed E-state index contributed by atoms with van der Waals surface area (Å²) in [5, 5.41) is 9.89. The molecule has 1 atom stereocenters. The Balaban J connectivity index is 1.23. The van der Waals surface area contributed by atoms with Crippen LogP contribution in [0.5, 0.6) is 0 Å². The van der Waals surface area contributed by atoms with Crippen molar-refractivity contribution in [1.29, 1.82) is 0 Å². The lowest BCUT2D eigenvalue weighted by Crippen LogP contribution is -2.30. The van der Waals surface area contributed by atoms with Crippen LogP contribution in [0.1, 0.15) is 22.9 Å². The van der Waals surface area contributed by atoms with Crippen LogP contribution in [0.15, 0.2) is 169 Å². The van der Waals surface area contributed by atoms with Crippen LogP contribution in [0, 0.1) is 0 Å². The van der Waals surface area contributed by atoms with Crippen molar-refractivity contribution >= 4 is 65.5 Å². The molecular weight excluding hydrogens is 583 g/mol. The van der Waals surface area contributed by atoms with E-state index in [0.717, 1.165) is 16.8 Å². The summed E-state index contributed by atoms with van der Waals surface area (Å²) in [6, 6.07) is 59.4. The van der Waals surface area contributed by atoms with Crippen molar-refractivity contribution in [3.63, 3.8) is 0 Å². The maximum Gasteiger partial charge on any atom is 0.148 e. The molecule has 3 nitrogen and oxygen atoms in total. The largest absolute Gasteiger partial charge is 0.349 e. The number of fused-ring (bicyclic) bond motifs is 7. The molecule has 0 spiro atoms. The topological polar surface area (TPSA) is 20.5 Å². The minimum Gasteiger partial charge on any atom is -0.349 e. The summed E-state index contributed by atoms with van der Waals surface area (Å²) >= 11 is 0. The molecule has 8 aromatic carbocycles. The van der Waals surface area contributed by atoms with Gasteiger partial charge in [0.05, 0.1) is 22.4 Å². The van der Waals surface area contributed by atoms with Gasteiger partial charge in [-0.1, -0.05) is 133 Å². The smallest absolute Gasteiger partial charge is 0.148 e. The number of aliphatic imine (C=N–C) groups is 1. The Morgan fingerprint density at radius 1 is 0.438 bits per heavy atom. The minimum absolute atomic E-state index is 0.199. The molecule has 0 aliphatic carbocycles. The van der Waals surface area contributed by atoms with Gasteiger partial charge in [-0.15, -0.1) is 0 Å². The fraction of sp³-hybridized carbons (Fsp3) is 0.0444. The Kier molecular flexibility index (Phi) is 5.85. The van der Waals surface area contributed by atoms with Crippen LogP contribution in [-0.4, -0.2) is 17.3 Å². The van der Waals surface area contributed by atoms with Gasteiger partial charge in [0.1, 0.15) is 6.17 Å². The van der Waals surface area contributed by atoms with Crippen LogP contribution in [0.25, 0.3) is 59.8 Å². The first-order valence-corrected chi connectivity index (χ1v) is 16.6. The third kappa shape index (κ3) is 3.91. The molecule has 2 heterocycles. The first kappa shape index (κ1) is 27.0. The Labute approximate surface area is 278 Å². The molecule has 0 radical (unpaired) electrons. The molecule has 0 amide bonds. The summed E-state index contributed by atoms with van der Waals surface area (Å²) in [4.78, 5) is 7.94. The lowest BCUT2D eigenvalue weighted by molar-refractivity contribution is 0.704. The standard InChI is InChI=1S/C45H31N3/c1-47-40-23-10-9-21-38(40)44(36-22-12-16-29-13-4-5-17-32(29)36)46-45(47)37-25-26-42(34-19-7-6-18-33(34)37)48-41-24-11-8-20-35(41)39-27-30-14-2-3-15-31(30)28-43(39)48/h2-28,45H,1H3. The highest BCUT2D eigenvalue weighted by atomic mass is 15.2. The van der Waals surface area contributed by atoms with Gasteiger partial charge in [0.2, 0.25) is 0 Å². The second kappa shape index (κ2) is 10.4. The lowest BCUT2D eigenvalue weighted by atomic mass is 9.92. The predicted molar refractivity (Wildman–Crippen MR) is 203 cm³/mol. The van der Waals surface area contributed by atoms with Crippen molar-refractivity contribution in [2.24, 2.45) is 4.99 Å². The van der Waals surface area contributed by atoms with Crippen LogP contribution in [0.3, 0.4) is 0 Å². The predicted octanol–water partition coefficient (Wildman–Crippen LogP) is 11.2. The van der Waals surface area contributed by atoms with E-state index in [2.05, 4.69) is 180 Å². The number of nitrogens with zero attached hydrogens (tertiary/aromatic N) is 3. The summed E-state index contributed by atoms with van der Waals surface area (Å²) in [6.45, 7) is 0. The van der Waals surface area contributed by atoms with Gasteiger partial charge < -0.3 is 9.47 Å². The van der Waals surface area contributed by atoms with Gasteiger partial charge in [0.15, 0.2) is 0 Å². The highest BCUT2D eigenvalue weighted by molar-refractivity contribution is 6.22. The molecule has 48 heavy (non-hydrogen) atoms. The van der Waals surface area contributed by atoms with Gasteiger partial charge in [-0.2, -0.15) is 0 Å². The first-order chi connectivity index (χ1) is 23.7. The van der Waals surface area contributed by atoms with Crippen LogP contribution >= 0.6 is 0 Å². The number of anilines is 1. The molecule has 9 aromatic rings. The minimum atomic E-state index is -0.199. The van der Waals surface area contributed by atoms with Crippen molar-refractivity contribution in [3.05, 3.63) is 180 Å². The van der Waals surface area contributed by atoms with E-state index in [1.165, 1.54) is 71.1 Å². The van der Waals surface area contributed by atoms with Crippen molar-refractivity contribution in [2.75, 3.05) is 11.9 Å². The Bertz CT molecular complexity index is 2760. The zero-order valence-electron chi connectivity index (χ0n) is 26.5. The van der Waals surface area contributed by atoms with Crippen LogP contribution in [0.2, 0.25) is 0 Å². The highest BCUT2D eigenvalue weighted by Crippen LogP contribution is 2.42. The van der Waals surface area contributed by atoms with Gasteiger partial charge in [0, 0.05) is 45.6 Å². The summed E-state index contributed by atoms with van der Waals surface area (Å²) in [7, 11) is 2.17. The lowest BCUT2D eigenvalue weighted by Gasteiger charge is -2.35. The van der Waals surface area contributed by atoms with E-state index in [9.17, 15) is 0 Å². The van der Waals surface area contributed by atoms with E-state index in [-0.39, 0.29) is 6.17 Å². The van der Waals surface area contributed by atoms with Crippen LogP contribution < -0.4 is 4.90 Å². The summed E-state index contributed by atoms with van der Waals surface area (Å²) < 4.78 is 2.45. The van der Waals surface area contributed by atoms with E-state index in [1.54, 1.807) is 0 Å². The molecule has 1 aromatic heterocycles. The average Bonchev–Trinajstić information content (AvgIpc) is 3.46. The SMILES string of the molecule is CN1c2ccccc2C(c2cccc3ccccc23)=NC1c1ccc(-n2c3ccccc3c3cc4ccccc4cc32)c2ccccc12. The van der Waals surface area contributed by atoms with E-state index in [0.29, 0.717) is 0 Å². The fourth-order valence-electron chi connectivity index (χ4n) is 7.96. The molecule has 226 valence electrons. The maximum atomic E-state index is 5.61. The van der Waals surface area contributed by atoms with Crippen molar-refractivity contribution < 1.29 is 0 Å². The van der Waals surface area contributed by atoms with E-state index in [4.69, 9.17) is 4.99 Å². The molecule has 0 fully saturated rings. The van der Waals surface area contributed by atoms with Gasteiger partial charge in [-0.05, 0) is 57.3 Å². The summed E-state index contributed by atoms with van der Waals surface area (Å²) in [6.07, 6.45) is -0.199. The van der Waals surface area contributed by atoms with Crippen molar-refractivity contribution in [1.82, 2.24) is 4.57 Å². The second-order valence-electron chi connectivity index (χ2n) is 12.8. The third-order valence-electron chi connectivity index (χ3n) is 10.2. The molecule has 1 aliphatic heterocycles. The van der Waals surface area contributed by atoms with Crippen LogP contribution in [-0.2, 0) is 0 Å². The van der Waals surface area contributed by atoms with E-state index in [1.807, 2.05) is 0 Å². The zero-order valence-corrected chi connectivity index (χ0v) is 26.5. The molecule has 10 rings (SSSR count). The Morgan fingerprint density at radius 3 is 1.92 bits per heavy atom. The van der Waals surface area contributed by atoms with Crippen molar-refractivity contribution in [3.8, 4) is 5.69 Å². The number of rotatable bonds is 3. The number of aromatic nitrogens is 1. The molecule has 0 N–H and O–H groups in total. The van der Waals surface area contributed by atoms with E-state index < -0.39 is 0 Å². The third-order valence-corrected chi connectivity index (χ3v) is 10.2. The fourth-order valence-corrected chi connectivity index (χ4v) is 7.96. The van der Waals surface area contributed by atoms with Crippen molar-refractivity contribution in [2.45, 2.75) is 6.17 Å². The van der Waals surface area contributed by atoms with E-state index >= 15 is 0 Å². The molecule has 0 bridgehead atoms. The molecule has 3 heteroatoms. The first-order valence-electron chi connectivity index (χ1n) is 16.6. The molecule has 0 saturated heterocycles. The second-order valence-corrected chi connectivity index (χ2v) is 12.8. The zero-order chi connectivity index (χ0) is 31.8. The van der Waals surface area contributed by atoms with Gasteiger partial charge in [0.25, 0.3) is 0 Å². The summed E-state index contributed by atoms with van der Waals surface area (Å²) in [5.41, 5.74) is 9.33. The molecule has 1 aliphatic rings. The monoisotopic (exact) mass is 613 g/mol.